The van der Waals surface area contributed by atoms with E-state index in [-0.39, 0.29) is 11.8 Å². The molecule has 0 bridgehead atoms. The van der Waals surface area contributed by atoms with Gasteiger partial charge in [0.15, 0.2) is 0 Å². The molecule has 118 valence electrons. The zero-order valence-electron chi connectivity index (χ0n) is 13.0. The summed E-state index contributed by atoms with van der Waals surface area (Å²) >= 11 is 0. The zero-order chi connectivity index (χ0) is 16.2. The fourth-order valence-electron chi connectivity index (χ4n) is 2.84. The van der Waals surface area contributed by atoms with Gasteiger partial charge in [0.05, 0.1) is 0 Å². The Labute approximate surface area is 135 Å². The van der Waals surface area contributed by atoms with Gasteiger partial charge in [-0.25, -0.2) is 0 Å². The first-order valence-electron chi connectivity index (χ1n) is 7.70. The monoisotopic (exact) mass is 309 g/mol. The third-order valence-corrected chi connectivity index (χ3v) is 4.12. The molecule has 1 aliphatic rings. The van der Waals surface area contributed by atoms with Crippen LogP contribution >= 0.6 is 0 Å². The molecule has 1 saturated heterocycles. The average Bonchev–Trinajstić information content (AvgIpc) is 2.95. The van der Waals surface area contributed by atoms with E-state index in [4.69, 9.17) is 0 Å². The highest BCUT2D eigenvalue weighted by molar-refractivity contribution is 6.09. The van der Waals surface area contributed by atoms with Crippen LogP contribution in [0.3, 0.4) is 0 Å². The number of rotatable bonds is 4. The Hall–Kier alpha value is -2.69. The summed E-state index contributed by atoms with van der Waals surface area (Å²) in [4.78, 5) is 30.6. The predicted octanol–water partition coefficient (Wildman–Crippen LogP) is 2.06. The van der Waals surface area contributed by atoms with Gasteiger partial charge in [0.25, 0.3) is 0 Å². The number of aromatic nitrogens is 1. The van der Waals surface area contributed by atoms with E-state index in [1.807, 2.05) is 43.3 Å². The number of nitrogens with zero attached hydrogens (tertiary/aromatic N) is 2. The quantitative estimate of drug-likeness (QED) is 0.879. The van der Waals surface area contributed by atoms with Gasteiger partial charge < -0.3 is 10.2 Å². The molecule has 3 rings (SSSR count). The van der Waals surface area contributed by atoms with E-state index in [0.29, 0.717) is 19.5 Å². The number of para-hydroxylation sites is 1. The Morgan fingerprint density at radius 1 is 1.30 bits per heavy atom. The van der Waals surface area contributed by atoms with Crippen LogP contribution in [0.15, 0.2) is 48.8 Å². The normalized spacial score (nSPS) is 17.3. The maximum Gasteiger partial charge on any atom is 0.239 e. The molecule has 1 N–H and O–H groups in total. The van der Waals surface area contributed by atoms with Gasteiger partial charge in [0.1, 0.15) is 5.92 Å². The second-order valence-electron chi connectivity index (χ2n) is 5.70. The highest BCUT2D eigenvalue weighted by Gasteiger charge is 2.37. The minimum absolute atomic E-state index is 0.122. The van der Waals surface area contributed by atoms with E-state index in [1.165, 1.54) is 0 Å². The number of amides is 2. The average molecular weight is 309 g/mol. The first-order chi connectivity index (χ1) is 11.2. The third-order valence-electron chi connectivity index (χ3n) is 4.12. The molecule has 1 aliphatic heterocycles. The van der Waals surface area contributed by atoms with Gasteiger partial charge in [-0.15, -0.1) is 0 Å². The van der Waals surface area contributed by atoms with Crippen molar-refractivity contribution in [3.05, 3.63) is 59.9 Å². The second-order valence-corrected chi connectivity index (χ2v) is 5.70. The molecular formula is C18H19N3O2. The molecule has 1 aromatic heterocycles. The summed E-state index contributed by atoms with van der Waals surface area (Å²) in [7, 11) is 0. The fraction of sp³-hybridized carbons (Fsp3) is 0.278. The van der Waals surface area contributed by atoms with Gasteiger partial charge >= 0.3 is 0 Å². The minimum Gasteiger partial charge on any atom is -0.351 e. The largest absolute Gasteiger partial charge is 0.351 e. The van der Waals surface area contributed by atoms with Gasteiger partial charge in [-0.3, -0.25) is 14.6 Å². The topological polar surface area (TPSA) is 62.3 Å². The van der Waals surface area contributed by atoms with Crippen molar-refractivity contribution >= 4 is 17.5 Å². The van der Waals surface area contributed by atoms with Crippen LogP contribution in [0.25, 0.3) is 0 Å². The summed E-state index contributed by atoms with van der Waals surface area (Å²) in [5.74, 6) is -0.941. The second kappa shape index (κ2) is 6.60. The Morgan fingerprint density at radius 3 is 2.87 bits per heavy atom. The number of benzene rings is 1. The molecule has 0 unspecified atom stereocenters. The molecular weight excluding hydrogens is 290 g/mol. The maximum atomic E-state index is 12.6. The number of carbonyl (C=O) groups is 2. The predicted molar refractivity (Wildman–Crippen MR) is 87.7 cm³/mol. The number of hydrogen-bond acceptors (Lipinski definition) is 3. The number of pyridine rings is 1. The van der Waals surface area contributed by atoms with E-state index in [2.05, 4.69) is 10.3 Å². The van der Waals surface area contributed by atoms with Crippen LogP contribution in [-0.4, -0.2) is 23.3 Å². The molecule has 2 heterocycles. The lowest BCUT2D eigenvalue weighted by Crippen LogP contribution is -2.36. The van der Waals surface area contributed by atoms with Crippen molar-refractivity contribution in [3.63, 3.8) is 0 Å². The highest BCUT2D eigenvalue weighted by Crippen LogP contribution is 2.27. The van der Waals surface area contributed by atoms with Crippen molar-refractivity contribution in [2.75, 3.05) is 11.4 Å². The molecule has 0 aliphatic carbocycles. The van der Waals surface area contributed by atoms with E-state index in [1.54, 1.807) is 17.3 Å². The number of nitrogens with one attached hydrogen (secondary N) is 1. The first kappa shape index (κ1) is 15.2. The molecule has 5 nitrogen and oxygen atoms in total. The Kier molecular flexibility index (Phi) is 4.37. The molecule has 2 aromatic rings. The zero-order valence-corrected chi connectivity index (χ0v) is 13.0. The van der Waals surface area contributed by atoms with Crippen molar-refractivity contribution in [1.82, 2.24) is 10.3 Å². The van der Waals surface area contributed by atoms with Crippen LogP contribution in [0.2, 0.25) is 0 Å². The highest BCUT2D eigenvalue weighted by atomic mass is 16.2. The van der Waals surface area contributed by atoms with E-state index < -0.39 is 5.92 Å². The lowest BCUT2D eigenvalue weighted by atomic mass is 10.1. The van der Waals surface area contributed by atoms with Crippen molar-refractivity contribution < 1.29 is 9.59 Å². The number of hydrogen-bond donors (Lipinski definition) is 1. The van der Waals surface area contributed by atoms with Gasteiger partial charge in [-0.2, -0.15) is 0 Å². The summed E-state index contributed by atoms with van der Waals surface area (Å²) in [5, 5.41) is 2.83. The maximum absolute atomic E-state index is 12.6. The van der Waals surface area contributed by atoms with Gasteiger partial charge in [0.2, 0.25) is 11.8 Å². The van der Waals surface area contributed by atoms with Gasteiger partial charge in [0, 0.05) is 31.2 Å². The summed E-state index contributed by atoms with van der Waals surface area (Å²) in [6.45, 7) is 2.94. The van der Waals surface area contributed by atoms with E-state index in [9.17, 15) is 9.59 Å². The number of carbonyl (C=O) groups excluding carboxylic acids is 2. The molecule has 1 fully saturated rings. The van der Waals surface area contributed by atoms with Crippen molar-refractivity contribution in [2.24, 2.45) is 5.92 Å². The minimum atomic E-state index is -0.605. The standard InChI is InChI=1S/C18H19N3O2/c1-13-5-2-3-7-16(13)21-10-8-15(18(21)23)17(22)20-12-14-6-4-9-19-11-14/h2-7,9,11,15H,8,10,12H2,1H3,(H,20,22)/t15-/m1/s1. The van der Waals surface area contributed by atoms with Crippen LogP contribution in [0.4, 0.5) is 5.69 Å². The Bertz CT molecular complexity index is 715. The SMILES string of the molecule is Cc1ccccc1N1CC[C@H](C(=O)NCc2cccnc2)C1=O. The fourth-order valence-corrected chi connectivity index (χ4v) is 2.84. The summed E-state index contributed by atoms with van der Waals surface area (Å²) in [6.07, 6.45) is 3.94. The molecule has 1 aromatic carbocycles. The lowest BCUT2D eigenvalue weighted by Gasteiger charge is -2.19. The molecule has 23 heavy (non-hydrogen) atoms. The van der Waals surface area contributed by atoms with Crippen molar-refractivity contribution in [3.8, 4) is 0 Å². The molecule has 5 heteroatoms. The Balaban J connectivity index is 1.65. The summed E-state index contributed by atoms with van der Waals surface area (Å²) in [6, 6.07) is 11.5. The van der Waals surface area contributed by atoms with Gasteiger partial charge in [-0.05, 0) is 36.6 Å². The van der Waals surface area contributed by atoms with Crippen LogP contribution < -0.4 is 10.2 Å². The van der Waals surface area contributed by atoms with Crippen molar-refractivity contribution in [2.45, 2.75) is 19.9 Å². The van der Waals surface area contributed by atoms with Crippen LogP contribution in [0.5, 0.6) is 0 Å². The molecule has 2 amide bonds. The lowest BCUT2D eigenvalue weighted by molar-refractivity contribution is -0.132. The molecule has 0 radical (unpaired) electrons. The van der Waals surface area contributed by atoms with Crippen LogP contribution in [0, 0.1) is 12.8 Å². The molecule has 0 spiro atoms. The smallest absolute Gasteiger partial charge is 0.239 e. The van der Waals surface area contributed by atoms with Crippen LogP contribution in [0.1, 0.15) is 17.5 Å². The molecule has 1 atom stereocenters. The van der Waals surface area contributed by atoms with E-state index >= 15 is 0 Å². The van der Waals surface area contributed by atoms with Crippen LogP contribution in [-0.2, 0) is 16.1 Å². The molecule has 0 saturated carbocycles. The Morgan fingerprint density at radius 2 is 2.13 bits per heavy atom. The first-order valence-corrected chi connectivity index (χ1v) is 7.70. The van der Waals surface area contributed by atoms with Crippen molar-refractivity contribution in [1.29, 1.82) is 0 Å². The van der Waals surface area contributed by atoms with E-state index in [0.717, 1.165) is 16.8 Å². The number of aryl methyl sites for hydroxylation is 1. The number of anilines is 1. The van der Waals surface area contributed by atoms with Gasteiger partial charge in [-0.1, -0.05) is 24.3 Å². The third kappa shape index (κ3) is 3.23. The summed E-state index contributed by atoms with van der Waals surface area (Å²) < 4.78 is 0. The summed E-state index contributed by atoms with van der Waals surface area (Å²) in [5.41, 5.74) is 2.85.